The molecule has 2 fully saturated rings. The Kier molecular flexibility index (Phi) is 3.57. The summed E-state index contributed by atoms with van der Waals surface area (Å²) in [5.74, 6) is 4.87. The number of fused-ring (bicyclic) bond motifs is 1. The van der Waals surface area contributed by atoms with Gasteiger partial charge in [-0.25, -0.2) is 9.18 Å². The van der Waals surface area contributed by atoms with E-state index in [4.69, 9.17) is 17.4 Å². The zero-order chi connectivity index (χ0) is 17.9. The molecule has 1 saturated heterocycles. The molecule has 1 atom stereocenters. The summed E-state index contributed by atoms with van der Waals surface area (Å²) in [7, 11) is 0. The number of hydrogen-bond acceptors (Lipinski definition) is 6. The van der Waals surface area contributed by atoms with Crippen molar-refractivity contribution in [2.75, 3.05) is 23.8 Å². The van der Waals surface area contributed by atoms with Crippen molar-refractivity contribution in [3.8, 4) is 0 Å². The summed E-state index contributed by atoms with van der Waals surface area (Å²) in [6.07, 6.45) is 2.02. The predicted molar refractivity (Wildman–Crippen MR) is 92.3 cm³/mol. The van der Waals surface area contributed by atoms with Gasteiger partial charge in [-0.1, -0.05) is 16.8 Å². The molecule has 4 rings (SSSR count). The maximum absolute atomic E-state index is 14.7. The molecule has 1 saturated carbocycles. The second-order valence-electron chi connectivity index (χ2n) is 6.47. The number of hydrogen-bond donors (Lipinski definition) is 1. The van der Waals surface area contributed by atoms with Crippen molar-refractivity contribution in [3.05, 3.63) is 42.7 Å². The van der Waals surface area contributed by atoms with Crippen LogP contribution in [0.2, 0.25) is 5.02 Å². The van der Waals surface area contributed by atoms with E-state index in [2.05, 4.69) is 5.18 Å². The molecule has 1 aromatic heterocycles. The highest BCUT2D eigenvalue weighted by Crippen LogP contribution is 2.41. The SMILES string of the molecule is Nn1c(=O)c2cc(F)c(N3CCC(N=O)C3)c(Cl)c2n(C2CC2)c1=O. The lowest BCUT2D eigenvalue weighted by Gasteiger charge is -2.22. The molecule has 1 unspecified atom stereocenters. The fourth-order valence-electron chi connectivity index (χ4n) is 3.42. The van der Waals surface area contributed by atoms with Gasteiger partial charge in [-0.3, -0.25) is 9.36 Å². The molecule has 25 heavy (non-hydrogen) atoms. The highest BCUT2D eigenvalue weighted by Gasteiger charge is 2.33. The Morgan fingerprint density at radius 1 is 1.28 bits per heavy atom. The number of nitrogens with zero attached hydrogens (tertiary/aromatic N) is 4. The normalized spacial score (nSPS) is 20.4. The zero-order valence-electron chi connectivity index (χ0n) is 13.1. The maximum atomic E-state index is 14.7. The lowest BCUT2D eigenvalue weighted by molar-refractivity contribution is 0.620. The van der Waals surface area contributed by atoms with Gasteiger partial charge in [-0.15, -0.1) is 0 Å². The minimum atomic E-state index is -0.793. The van der Waals surface area contributed by atoms with Crippen LogP contribution in [-0.4, -0.2) is 28.4 Å². The first-order chi connectivity index (χ1) is 11.9. The largest absolute Gasteiger partial charge is 0.366 e. The van der Waals surface area contributed by atoms with Crippen LogP contribution in [0.15, 0.2) is 20.8 Å². The highest BCUT2D eigenvalue weighted by molar-refractivity contribution is 6.38. The topological polar surface area (TPSA) is 103 Å². The molecular formula is C15H15ClFN5O3. The van der Waals surface area contributed by atoms with Gasteiger partial charge in [-0.2, -0.15) is 9.58 Å². The Hall–Kier alpha value is -2.42. The van der Waals surface area contributed by atoms with Gasteiger partial charge in [0.15, 0.2) is 0 Å². The van der Waals surface area contributed by atoms with Gasteiger partial charge in [-0.05, 0) is 25.3 Å². The fraction of sp³-hybridized carbons (Fsp3) is 0.467. The number of nitrogens with two attached hydrogens (primary N) is 1. The summed E-state index contributed by atoms with van der Waals surface area (Å²) in [6.45, 7) is 0.660. The molecule has 2 heterocycles. The van der Waals surface area contributed by atoms with Crippen LogP contribution < -0.4 is 22.0 Å². The number of halogens is 2. The van der Waals surface area contributed by atoms with Crippen molar-refractivity contribution in [2.45, 2.75) is 31.3 Å². The molecule has 10 heteroatoms. The van der Waals surface area contributed by atoms with Crippen LogP contribution in [0, 0.1) is 10.7 Å². The first-order valence-corrected chi connectivity index (χ1v) is 8.33. The standard InChI is InChI=1S/C15H15ClFN5O3/c16-11-12-9(14(23)22(18)15(24)21(12)8-1-2-8)5-10(17)13(11)20-4-3-7(6-20)19-25/h5,7-8H,1-4,6,18H2. The van der Waals surface area contributed by atoms with Crippen molar-refractivity contribution < 1.29 is 4.39 Å². The summed E-state index contributed by atoms with van der Waals surface area (Å²) in [5.41, 5.74) is -1.19. The Labute approximate surface area is 145 Å². The van der Waals surface area contributed by atoms with E-state index in [0.29, 0.717) is 17.6 Å². The number of nitroso groups, excluding NO2 is 1. The zero-order valence-corrected chi connectivity index (χ0v) is 13.9. The number of aromatic nitrogens is 2. The molecule has 8 nitrogen and oxygen atoms in total. The van der Waals surface area contributed by atoms with Crippen LogP contribution >= 0.6 is 11.6 Å². The van der Waals surface area contributed by atoms with E-state index in [9.17, 15) is 18.9 Å². The molecule has 2 aromatic rings. The quantitative estimate of drug-likeness (QED) is 0.651. The van der Waals surface area contributed by atoms with Crippen LogP contribution in [0.25, 0.3) is 10.9 Å². The third-order valence-electron chi connectivity index (χ3n) is 4.81. The molecule has 2 aliphatic rings. The molecule has 0 amide bonds. The molecule has 0 radical (unpaired) electrons. The fourth-order valence-corrected chi connectivity index (χ4v) is 3.82. The van der Waals surface area contributed by atoms with E-state index in [1.54, 1.807) is 4.90 Å². The number of anilines is 1. The molecule has 1 aromatic carbocycles. The number of nitrogen functional groups attached to an aromatic ring is 1. The summed E-state index contributed by atoms with van der Waals surface area (Å²) < 4.78 is 16.6. The smallest absolute Gasteiger partial charge is 0.350 e. The average molecular weight is 368 g/mol. The van der Waals surface area contributed by atoms with Crippen LogP contribution in [0.5, 0.6) is 0 Å². The van der Waals surface area contributed by atoms with Crippen LogP contribution in [0.4, 0.5) is 10.1 Å². The van der Waals surface area contributed by atoms with Gasteiger partial charge >= 0.3 is 5.69 Å². The van der Waals surface area contributed by atoms with Crippen molar-refractivity contribution in [1.29, 1.82) is 0 Å². The van der Waals surface area contributed by atoms with Gasteiger partial charge in [0.25, 0.3) is 5.56 Å². The van der Waals surface area contributed by atoms with Crippen molar-refractivity contribution in [3.63, 3.8) is 0 Å². The maximum Gasteiger partial charge on any atom is 0.350 e. The molecule has 1 aliphatic carbocycles. The van der Waals surface area contributed by atoms with E-state index in [-0.39, 0.29) is 34.2 Å². The lowest BCUT2D eigenvalue weighted by Crippen LogP contribution is -2.44. The average Bonchev–Trinajstić information content (AvgIpc) is 3.31. The second-order valence-corrected chi connectivity index (χ2v) is 6.85. The Bertz CT molecular complexity index is 1010. The van der Waals surface area contributed by atoms with Crippen molar-refractivity contribution in [2.24, 2.45) is 5.18 Å². The lowest BCUT2D eigenvalue weighted by atomic mass is 10.2. The first kappa shape index (κ1) is 16.1. The summed E-state index contributed by atoms with van der Waals surface area (Å²) in [5, 5.41) is 2.95. The molecular weight excluding hydrogens is 353 g/mol. The number of benzene rings is 1. The van der Waals surface area contributed by atoms with E-state index >= 15 is 0 Å². The monoisotopic (exact) mass is 367 g/mol. The van der Waals surface area contributed by atoms with Crippen LogP contribution in [0.1, 0.15) is 25.3 Å². The Balaban J connectivity index is 2.03. The predicted octanol–water partition coefficient (Wildman–Crippen LogP) is 1.35. The third-order valence-corrected chi connectivity index (χ3v) is 5.17. The minimum absolute atomic E-state index is 0.0109. The highest BCUT2D eigenvalue weighted by atomic mass is 35.5. The minimum Gasteiger partial charge on any atom is -0.366 e. The van der Waals surface area contributed by atoms with Crippen LogP contribution in [0.3, 0.4) is 0 Å². The van der Waals surface area contributed by atoms with E-state index in [1.807, 2.05) is 0 Å². The van der Waals surface area contributed by atoms with Gasteiger partial charge < -0.3 is 10.7 Å². The van der Waals surface area contributed by atoms with E-state index in [1.165, 1.54) is 4.57 Å². The second kappa shape index (κ2) is 5.55. The van der Waals surface area contributed by atoms with Crippen LogP contribution in [-0.2, 0) is 0 Å². The van der Waals surface area contributed by atoms with E-state index < -0.39 is 23.1 Å². The van der Waals surface area contributed by atoms with Crippen molar-refractivity contribution >= 4 is 28.2 Å². The summed E-state index contributed by atoms with van der Waals surface area (Å²) >= 11 is 6.45. The molecule has 0 bridgehead atoms. The Morgan fingerprint density at radius 2 is 2.00 bits per heavy atom. The van der Waals surface area contributed by atoms with Crippen molar-refractivity contribution in [1.82, 2.24) is 9.24 Å². The third kappa shape index (κ3) is 2.33. The number of rotatable bonds is 3. The van der Waals surface area contributed by atoms with Gasteiger partial charge in [0, 0.05) is 19.1 Å². The molecule has 2 N–H and O–H groups in total. The van der Waals surface area contributed by atoms with Gasteiger partial charge in [0.05, 0.1) is 21.6 Å². The van der Waals surface area contributed by atoms with Gasteiger partial charge in [0.2, 0.25) is 0 Å². The molecule has 0 spiro atoms. The van der Waals surface area contributed by atoms with Gasteiger partial charge in [0.1, 0.15) is 11.9 Å². The molecule has 1 aliphatic heterocycles. The molecule has 132 valence electrons. The Morgan fingerprint density at radius 3 is 2.60 bits per heavy atom. The summed E-state index contributed by atoms with van der Waals surface area (Å²) in [4.78, 5) is 37.1. The summed E-state index contributed by atoms with van der Waals surface area (Å²) in [6, 6.07) is 0.514. The first-order valence-electron chi connectivity index (χ1n) is 7.95. The van der Waals surface area contributed by atoms with E-state index in [0.717, 1.165) is 18.9 Å².